The molecule has 1 N–H and O–H groups in total. The normalized spacial score (nSPS) is 10.0. The van der Waals surface area contributed by atoms with E-state index in [0.29, 0.717) is 5.82 Å². The van der Waals surface area contributed by atoms with Gasteiger partial charge in [-0.1, -0.05) is 0 Å². The molecular formula is C4H6FN3O. The Balaban J connectivity index is 3.16. The van der Waals surface area contributed by atoms with Crippen LogP contribution < -0.4 is 5.69 Å². The summed E-state index contributed by atoms with van der Waals surface area (Å²) in [6.07, 6.45) is 0. The smallest absolute Gasteiger partial charge is 0.293 e. The van der Waals surface area contributed by atoms with Gasteiger partial charge in [-0.25, -0.2) is 9.18 Å². The predicted octanol–water partition coefficient (Wildman–Crippen LogP) is -0.193. The van der Waals surface area contributed by atoms with E-state index in [2.05, 4.69) is 10.1 Å². The first-order chi connectivity index (χ1) is 4.24. The number of nitrogens with one attached hydrogen (secondary N) is 1. The molecule has 50 valence electrons. The van der Waals surface area contributed by atoms with Crippen LogP contribution in [0, 0.1) is 6.92 Å². The minimum Gasteiger partial charge on any atom is -0.293 e. The first-order valence-electron chi connectivity index (χ1n) is 2.43. The van der Waals surface area contributed by atoms with Gasteiger partial charge in [0.05, 0.1) is 0 Å². The molecule has 0 unspecified atom stereocenters. The summed E-state index contributed by atoms with van der Waals surface area (Å²) in [6, 6.07) is 0. The van der Waals surface area contributed by atoms with E-state index in [1.807, 2.05) is 0 Å². The van der Waals surface area contributed by atoms with Crippen molar-refractivity contribution in [2.45, 2.75) is 13.7 Å². The highest BCUT2D eigenvalue weighted by Crippen LogP contribution is 1.79. The van der Waals surface area contributed by atoms with Gasteiger partial charge in [-0.3, -0.25) is 4.98 Å². The summed E-state index contributed by atoms with van der Waals surface area (Å²) in [7, 11) is 0. The minimum atomic E-state index is -0.872. The topological polar surface area (TPSA) is 50.7 Å². The molecule has 0 aliphatic heterocycles. The Morgan fingerprint density at radius 3 is 2.78 bits per heavy atom. The van der Waals surface area contributed by atoms with Crippen molar-refractivity contribution >= 4 is 0 Å². The van der Waals surface area contributed by atoms with Crippen LogP contribution in [0.5, 0.6) is 0 Å². The molecule has 0 aromatic carbocycles. The van der Waals surface area contributed by atoms with Crippen molar-refractivity contribution in [3.63, 3.8) is 0 Å². The number of H-pyrrole nitrogens is 1. The number of aromatic nitrogens is 3. The van der Waals surface area contributed by atoms with Gasteiger partial charge in [0.2, 0.25) is 0 Å². The third kappa shape index (κ3) is 0.984. The first kappa shape index (κ1) is 6.00. The zero-order chi connectivity index (χ0) is 6.85. The fourth-order valence-corrected chi connectivity index (χ4v) is 0.552. The van der Waals surface area contributed by atoms with Crippen molar-refractivity contribution in [3.8, 4) is 0 Å². The Kier molecular flexibility index (Phi) is 1.33. The van der Waals surface area contributed by atoms with E-state index in [0.717, 1.165) is 4.68 Å². The molecule has 0 saturated heterocycles. The van der Waals surface area contributed by atoms with Gasteiger partial charge in [0.25, 0.3) is 0 Å². The fourth-order valence-electron chi connectivity index (χ4n) is 0.552. The molecule has 0 fully saturated rings. The van der Waals surface area contributed by atoms with Crippen LogP contribution in [0.2, 0.25) is 0 Å². The van der Waals surface area contributed by atoms with E-state index >= 15 is 0 Å². The second-order valence-corrected chi connectivity index (χ2v) is 1.63. The number of rotatable bonds is 1. The highest BCUT2D eigenvalue weighted by atomic mass is 19.1. The number of aryl methyl sites for hydroxylation is 1. The van der Waals surface area contributed by atoms with Crippen LogP contribution in [0.4, 0.5) is 4.39 Å². The number of hydrogen-bond acceptors (Lipinski definition) is 2. The van der Waals surface area contributed by atoms with E-state index in [4.69, 9.17) is 0 Å². The average molecular weight is 131 g/mol. The molecule has 0 aliphatic carbocycles. The van der Waals surface area contributed by atoms with E-state index < -0.39 is 12.5 Å². The Labute approximate surface area is 50.3 Å². The van der Waals surface area contributed by atoms with Crippen molar-refractivity contribution in [1.29, 1.82) is 0 Å². The Morgan fingerprint density at radius 2 is 2.56 bits per heavy atom. The van der Waals surface area contributed by atoms with Gasteiger partial charge in [0.15, 0.2) is 6.80 Å². The quantitative estimate of drug-likeness (QED) is 0.574. The number of aromatic amines is 1. The van der Waals surface area contributed by atoms with Crippen LogP contribution in [-0.2, 0) is 6.80 Å². The molecule has 0 amide bonds. The second-order valence-electron chi connectivity index (χ2n) is 1.63. The van der Waals surface area contributed by atoms with E-state index in [1.165, 1.54) is 0 Å². The van der Waals surface area contributed by atoms with Crippen LogP contribution >= 0.6 is 0 Å². The monoisotopic (exact) mass is 131 g/mol. The lowest BCUT2D eigenvalue weighted by Gasteiger charge is -1.82. The van der Waals surface area contributed by atoms with Gasteiger partial charge >= 0.3 is 5.69 Å². The Hall–Kier alpha value is -1.13. The standard InChI is InChI=1S/C4H6FN3O/c1-3-6-4(9)8(2-5)7-3/h2H2,1H3,(H,6,7,9). The molecule has 0 atom stereocenters. The second kappa shape index (κ2) is 2.00. The van der Waals surface area contributed by atoms with Crippen LogP contribution in [0.3, 0.4) is 0 Å². The minimum absolute atomic E-state index is 0.428. The number of nitrogens with zero attached hydrogens (tertiary/aromatic N) is 2. The summed E-state index contributed by atoms with van der Waals surface area (Å²) >= 11 is 0. The molecule has 0 aliphatic rings. The molecule has 0 radical (unpaired) electrons. The highest BCUT2D eigenvalue weighted by Gasteiger charge is 1.96. The summed E-state index contributed by atoms with van der Waals surface area (Å²) in [5.41, 5.74) is -0.505. The molecule has 1 aromatic rings. The van der Waals surface area contributed by atoms with Gasteiger partial charge in [-0.2, -0.15) is 9.78 Å². The summed E-state index contributed by atoms with van der Waals surface area (Å²) in [4.78, 5) is 12.8. The lowest BCUT2D eigenvalue weighted by molar-refractivity contribution is 0.341. The predicted molar refractivity (Wildman–Crippen MR) is 28.7 cm³/mol. The van der Waals surface area contributed by atoms with Crippen LogP contribution in [0.15, 0.2) is 4.79 Å². The van der Waals surface area contributed by atoms with Crippen LogP contribution in [0.25, 0.3) is 0 Å². The van der Waals surface area contributed by atoms with Crippen LogP contribution in [0.1, 0.15) is 5.82 Å². The van der Waals surface area contributed by atoms with Crippen molar-refractivity contribution in [3.05, 3.63) is 16.3 Å². The molecule has 0 saturated carbocycles. The first-order valence-corrected chi connectivity index (χ1v) is 2.43. The average Bonchev–Trinajstić information content (AvgIpc) is 2.10. The van der Waals surface area contributed by atoms with Gasteiger partial charge in [-0.15, -0.1) is 0 Å². The van der Waals surface area contributed by atoms with Crippen molar-refractivity contribution < 1.29 is 4.39 Å². The van der Waals surface area contributed by atoms with Gasteiger partial charge < -0.3 is 0 Å². The Bertz CT molecular complexity index is 251. The Morgan fingerprint density at radius 1 is 1.89 bits per heavy atom. The maximum Gasteiger partial charge on any atom is 0.345 e. The zero-order valence-electron chi connectivity index (χ0n) is 4.89. The molecule has 4 nitrogen and oxygen atoms in total. The van der Waals surface area contributed by atoms with E-state index in [-0.39, 0.29) is 0 Å². The molecule has 5 heteroatoms. The summed E-state index contributed by atoms with van der Waals surface area (Å²) in [6.45, 7) is 0.719. The van der Waals surface area contributed by atoms with E-state index in [9.17, 15) is 9.18 Å². The highest BCUT2D eigenvalue weighted by molar-refractivity contribution is 4.74. The number of halogens is 1. The maximum absolute atomic E-state index is 11.7. The zero-order valence-corrected chi connectivity index (χ0v) is 4.89. The van der Waals surface area contributed by atoms with Gasteiger partial charge in [0.1, 0.15) is 5.82 Å². The number of alkyl halides is 1. The lowest BCUT2D eigenvalue weighted by atomic mass is 10.8. The molecule has 1 heterocycles. The molecule has 1 aromatic heterocycles. The van der Waals surface area contributed by atoms with Crippen molar-refractivity contribution in [2.75, 3.05) is 0 Å². The summed E-state index contributed by atoms with van der Waals surface area (Å²) < 4.78 is 12.4. The third-order valence-electron chi connectivity index (χ3n) is 0.906. The third-order valence-corrected chi connectivity index (χ3v) is 0.906. The fraction of sp³-hybridized carbons (Fsp3) is 0.500. The molecule has 0 spiro atoms. The molecule has 0 bridgehead atoms. The molecular weight excluding hydrogens is 125 g/mol. The van der Waals surface area contributed by atoms with Crippen molar-refractivity contribution in [1.82, 2.24) is 14.8 Å². The summed E-state index contributed by atoms with van der Waals surface area (Å²) in [5.74, 6) is 0.428. The van der Waals surface area contributed by atoms with Crippen LogP contribution in [-0.4, -0.2) is 14.8 Å². The van der Waals surface area contributed by atoms with Crippen molar-refractivity contribution in [2.24, 2.45) is 0 Å². The SMILES string of the molecule is Cc1nn(CF)c(=O)[nH]1. The lowest BCUT2D eigenvalue weighted by Crippen LogP contribution is -2.15. The van der Waals surface area contributed by atoms with E-state index in [1.54, 1.807) is 6.92 Å². The van der Waals surface area contributed by atoms with Gasteiger partial charge in [-0.05, 0) is 6.92 Å². The number of hydrogen-bond donors (Lipinski definition) is 1. The molecule has 9 heavy (non-hydrogen) atoms. The summed E-state index contributed by atoms with van der Waals surface area (Å²) in [5, 5.41) is 3.50. The van der Waals surface area contributed by atoms with Gasteiger partial charge in [0, 0.05) is 0 Å². The largest absolute Gasteiger partial charge is 0.345 e. The molecule has 1 rings (SSSR count). The maximum atomic E-state index is 11.7.